The van der Waals surface area contributed by atoms with Gasteiger partial charge in [0, 0.05) is 0 Å². The third-order valence-electron chi connectivity index (χ3n) is 2.33. The van der Waals surface area contributed by atoms with Gasteiger partial charge in [-0.3, -0.25) is 0 Å². The van der Waals surface area contributed by atoms with Crippen molar-refractivity contribution < 1.29 is 17.9 Å². The van der Waals surface area contributed by atoms with Crippen molar-refractivity contribution in [3.8, 4) is 0 Å². The maximum Gasteiger partial charge on any atom is 0.153 e. The highest BCUT2D eigenvalue weighted by molar-refractivity contribution is 9.10. The average molecular weight is 281 g/mol. The van der Waals surface area contributed by atoms with Crippen LogP contribution in [0.15, 0.2) is 21.2 Å². The molecule has 78 valence electrons. The maximum atomic E-state index is 11.2. The number of hydrogen-bond donors (Lipinski definition) is 1. The summed E-state index contributed by atoms with van der Waals surface area (Å²) in [7, 11) is -3.13. The van der Waals surface area contributed by atoms with Crippen molar-refractivity contribution in [2.75, 3.05) is 11.5 Å². The Labute approximate surface area is 90.0 Å². The maximum absolute atomic E-state index is 11.2. The van der Waals surface area contributed by atoms with Crippen molar-refractivity contribution in [1.82, 2.24) is 0 Å². The van der Waals surface area contributed by atoms with Gasteiger partial charge in [-0.25, -0.2) is 8.42 Å². The molecule has 0 aromatic carbocycles. The largest absolute Gasteiger partial charge is 0.465 e. The summed E-state index contributed by atoms with van der Waals surface area (Å²) in [5, 5.41) is 10.1. The summed E-state index contributed by atoms with van der Waals surface area (Å²) in [5.74, 6) is 0.0570. The van der Waals surface area contributed by atoms with Crippen molar-refractivity contribution >= 4 is 25.8 Å². The second kappa shape index (κ2) is 3.08. The van der Waals surface area contributed by atoms with Gasteiger partial charge in [-0.15, -0.1) is 0 Å². The highest BCUT2D eigenvalue weighted by Crippen LogP contribution is 2.37. The molecule has 1 fully saturated rings. The van der Waals surface area contributed by atoms with E-state index in [-0.39, 0.29) is 17.9 Å². The summed E-state index contributed by atoms with van der Waals surface area (Å²) in [6.45, 7) is 0. The molecule has 1 saturated heterocycles. The van der Waals surface area contributed by atoms with Crippen LogP contribution in [-0.4, -0.2) is 25.0 Å². The Bertz CT molecular complexity index is 450. The molecule has 1 atom stereocenters. The molecule has 1 aromatic heterocycles. The van der Waals surface area contributed by atoms with E-state index in [2.05, 4.69) is 15.9 Å². The Hall–Kier alpha value is -0.330. The van der Waals surface area contributed by atoms with Gasteiger partial charge in [0.1, 0.15) is 5.60 Å². The molecular weight excluding hydrogens is 272 g/mol. The molecule has 1 N–H and O–H groups in total. The zero-order valence-corrected chi connectivity index (χ0v) is 9.64. The molecule has 1 aromatic rings. The normalized spacial score (nSPS) is 30.7. The van der Waals surface area contributed by atoms with Crippen LogP contribution in [0.4, 0.5) is 0 Å². The van der Waals surface area contributed by atoms with E-state index in [1.165, 1.54) is 6.26 Å². The summed E-state index contributed by atoms with van der Waals surface area (Å²) < 4.78 is 28.2. The Balaban J connectivity index is 2.41. The van der Waals surface area contributed by atoms with Gasteiger partial charge in [0.2, 0.25) is 0 Å². The minimum Gasteiger partial charge on any atom is -0.465 e. The number of rotatable bonds is 1. The summed E-state index contributed by atoms with van der Waals surface area (Å²) in [6.07, 6.45) is 1.61. The fraction of sp³-hybridized carbons (Fsp3) is 0.500. The fourth-order valence-corrected chi connectivity index (χ4v) is 4.00. The molecule has 0 spiro atoms. The van der Waals surface area contributed by atoms with E-state index in [0.29, 0.717) is 10.2 Å². The van der Waals surface area contributed by atoms with Gasteiger partial charge in [0.05, 0.1) is 22.2 Å². The first-order valence-corrected chi connectivity index (χ1v) is 6.71. The molecule has 0 radical (unpaired) electrons. The summed E-state index contributed by atoms with van der Waals surface area (Å²) in [6, 6.07) is 1.64. The van der Waals surface area contributed by atoms with Gasteiger partial charge >= 0.3 is 0 Å². The molecule has 14 heavy (non-hydrogen) atoms. The lowest BCUT2D eigenvalue weighted by Gasteiger charge is -2.17. The van der Waals surface area contributed by atoms with E-state index in [1.807, 2.05) is 0 Å². The Morgan fingerprint density at radius 2 is 2.29 bits per heavy atom. The SMILES string of the molecule is O=S1(=O)CCC(O)(c2occc2Br)C1. The minimum absolute atomic E-state index is 0.0106. The van der Waals surface area contributed by atoms with Crippen molar-refractivity contribution in [1.29, 1.82) is 0 Å². The molecule has 6 heteroatoms. The van der Waals surface area contributed by atoms with Crippen molar-refractivity contribution in [2.24, 2.45) is 0 Å². The van der Waals surface area contributed by atoms with E-state index in [9.17, 15) is 13.5 Å². The smallest absolute Gasteiger partial charge is 0.153 e. The first-order chi connectivity index (χ1) is 6.43. The number of halogens is 1. The van der Waals surface area contributed by atoms with Crippen molar-refractivity contribution in [2.45, 2.75) is 12.0 Å². The molecule has 2 heterocycles. The highest BCUT2D eigenvalue weighted by Gasteiger charge is 2.45. The molecule has 0 aliphatic carbocycles. The number of sulfone groups is 1. The first kappa shape index (κ1) is 10.2. The average Bonchev–Trinajstić information content (AvgIpc) is 2.57. The lowest BCUT2D eigenvalue weighted by Crippen LogP contribution is -2.26. The van der Waals surface area contributed by atoms with Crippen LogP contribution in [-0.2, 0) is 15.4 Å². The Morgan fingerprint density at radius 3 is 2.71 bits per heavy atom. The molecule has 1 aliphatic heterocycles. The zero-order valence-electron chi connectivity index (χ0n) is 7.23. The number of hydrogen-bond acceptors (Lipinski definition) is 4. The lowest BCUT2D eigenvalue weighted by molar-refractivity contribution is 0.0408. The van der Waals surface area contributed by atoms with Gasteiger partial charge in [0.25, 0.3) is 0 Å². The van der Waals surface area contributed by atoms with Crippen LogP contribution in [0.25, 0.3) is 0 Å². The van der Waals surface area contributed by atoms with E-state index in [0.717, 1.165) is 0 Å². The summed E-state index contributed by atoms with van der Waals surface area (Å²) >= 11 is 3.20. The third-order valence-corrected chi connectivity index (χ3v) is 4.69. The third kappa shape index (κ3) is 1.62. The van der Waals surface area contributed by atoms with E-state index < -0.39 is 15.4 Å². The topological polar surface area (TPSA) is 67.5 Å². The molecular formula is C8H9BrO4S. The van der Waals surface area contributed by atoms with Crippen LogP contribution in [0.2, 0.25) is 0 Å². The molecule has 1 aliphatic rings. The van der Waals surface area contributed by atoms with Crippen LogP contribution in [0, 0.1) is 0 Å². The molecule has 4 nitrogen and oxygen atoms in total. The molecule has 0 bridgehead atoms. The van der Waals surface area contributed by atoms with Gasteiger partial charge in [-0.2, -0.15) is 0 Å². The molecule has 1 unspecified atom stereocenters. The quantitative estimate of drug-likeness (QED) is 0.835. The van der Waals surface area contributed by atoms with Crippen molar-refractivity contribution in [3.05, 3.63) is 22.6 Å². The van der Waals surface area contributed by atoms with Gasteiger partial charge < -0.3 is 9.52 Å². The lowest BCUT2D eigenvalue weighted by atomic mass is 10.0. The van der Waals surface area contributed by atoms with E-state index in [1.54, 1.807) is 6.07 Å². The minimum atomic E-state index is -3.13. The summed E-state index contributed by atoms with van der Waals surface area (Å²) in [5.41, 5.74) is -1.36. The standard InChI is InChI=1S/C8H9BrO4S/c9-6-1-3-13-7(6)8(10)2-4-14(11,12)5-8/h1,3,10H,2,4-5H2. The number of aliphatic hydroxyl groups is 1. The van der Waals surface area contributed by atoms with Crippen LogP contribution in [0.1, 0.15) is 12.2 Å². The van der Waals surface area contributed by atoms with Crippen LogP contribution in [0.5, 0.6) is 0 Å². The van der Waals surface area contributed by atoms with Crippen LogP contribution >= 0.6 is 15.9 Å². The zero-order chi connectivity index (χ0) is 10.4. The highest BCUT2D eigenvalue weighted by atomic mass is 79.9. The van der Waals surface area contributed by atoms with Crippen LogP contribution in [0.3, 0.4) is 0 Å². The predicted octanol–water partition coefficient (Wildman–Crippen LogP) is 1.05. The first-order valence-electron chi connectivity index (χ1n) is 4.09. The fourth-order valence-electron chi connectivity index (χ4n) is 1.64. The van der Waals surface area contributed by atoms with Gasteiger partial charge in [-0.05, 0) is 28.4 Å². The predicted molar refractivity (Wildman–Crippen MR) is 53.6 cm³/mol. The Morgan fingerprint density at radius 1 is 1.57 bits per heavy atom. The molecule has 0 amide bonds. The second-order valence-corrected chi connectivity index (χ2v) is 6.51. The summed E-state index contributed by atoms with van der Waals surface area (Å²) in [4.78, 5) is 0. The molecule has 2 rings (SSSR count). The second-order valence-electron chi connectivity index (χ2n) is 3.47. The van der Waals surface area contributed by atoms with Crippen molar-refractivity contribution in [3.63, 3.8) is 0 Å². The van der Waals surface area contributed by atoms with Crippen LogP contribution < -0.4 is 0 Å². The van der Waals surface area contributed by atoms with Gasteiger partial charge in [0.15, 0.2) is 15.6 Å². The number of furan rings is 1. The Kier molecular flexibility index (Phi) is 2.24. The van der Waals surface area contributed by atoms with E-state index in [4.69, 9.17) is 4.42 Å². The monoisotopic (exact) mass is 280 g/mol. The van der Waals surface area contributed by atoms with E-state index >= 15 is 0 Å². The molecule has 0 saturated carbocycles. The van der Waals surface area contributed by atoms with Gasteiger partial charge in [-0.1, -0.05) is 0 Å².